The number of ether oxygens (including phenoxy) is 1. The molecule has 0 bridgehead atoms. The van der Waals surface area contributed by atoms with Crippen molar-refractivity contribution in [3.05, 3.63) is 35.6 Å². The van der Waals surface area contributed by atoms with Crippen LogP contribution < -0.4 is 0 Å². The highest BCUT2D eigenvalue weighted by atomic mass is 19.1. The van der Waals surface area contributed by atoms with Crippen LogP contribution in [0.2, 0.25) is 0 Å². The van der Waals surface area contributed by atoms with Gasteiger partial charge in [0, 0.05) is 7.11 Å². The van der Waals surface area contributed by atoms with E-state index < -0.39 is 0 Å². The van der Waals surface area contributed by atoms with E-state index in [1.165, 1.54) is 17.7 Å². The first-order valence-electron chi connectivity index (χ1n) is 4.58. The molecular weight excluding hydrogens is 167 g/mol. The first-order valence-corrected chi connectivity index (χ1v) is 4.58. The fourth-order valence-corrected chi connectivity index (χ4v) is 1.77. The lowest BCUT2D eigenvalue weighted by molar-refractivity contribution is 0.0257. The molecule has 0 spiro atoms. The summed E-state index contributed by atoms with van der Waals surface area (Å²) in [5.74, 6) is 0.414. The smallest absolute Gasteiger partial charge is 0.123 e. The zero-order valence-electron chi connectivity index (χ0n) is 7.66. The molecule has 0 aliphatic heterocycles. The summed E-state index contributed by atoms with van der Waals surface area (Å²) in [7, 11) is 1.74. The van der Waals surface area contributed by atoms with Crippen molar-refractivity contribution >= 4 is 0 Å². The molecule has 1 saturated carbocycles. The van der Waals surface area contributed by atoms with Gasteiger partial charge in [-0.3, -0.25) is 0 Å². The first kappa shape index (κ1) is 8.70. The topological polar surface area (TPSA) is 9.23 Å². The van der Waals surface area contributed by atoms with E-state index in [4.69, 9.17) is 4.74 Å². The lowest BCUT2D eigenvalue weighted by Crippen LogP contribution is -2.28. The van der Waals surface area contributed by atoms with Crippen molar-refractivity contribution in [1.29, 1.82) is 0 Å². The molecule has 0 unspecified atom stereocenters. The summed E-state index contributed by atoms with van der Waals surface area (Å²) in [6.07, 6.45) is 2.56. The van der Waals surface area contributed by atoms with Crippen LogP contribution in [0.5, 0.6) is 0 Å². The highest BCUT2D eigenvalue weighted by molar-refractivity contribution is 5.23. The number of hydrogen-bond acceptors (Lipinski definition) is 1. The molecule has 1 aliphatic carbocycles. The Morgan fingerprint density at radius 1 is 1.23 bits per heavy atom. The molecule has 1 nitrogen and oxygen atoms in total. The van der Waals surface area contributed by atoms with E-state index in [0.29, 0.717) is 12.0 Å². The van der Waals surface area contributed by atoms with Crippen LogP contribution in [-0.4, -0.2) is 13.2 Å². The molecule has 70 valence electrons. The monoisotopic (exact) mass is 180 g/mol. The van der Waals surface area contributed by atoms with Crippen LogP contribution in [-0.2, 0) is 4.74 Å². The van der Waals surface area contributed by atoms with Crippen LogP contribution in [0.1, 0.15) is 24.3 Å². The van der Waals surface area contributed by atoms with E-state index in [0.717, 1.165) is 12.8 Å². The molecule has 1 fully saturated rings. The summed E-state index contributed by atoms with van der Waals surface area (Å²) in [4.78, 5) is 0. The van der Waals surface area contributed by atoms with Crippen molar-refractivity contribution in [3.63, 3.8) is 0 Å². The van der Waals surface area contributed by atoms with Gasteiger partial charge in [0.15, 0.2) is 0 Å². The van der Waals surface area contributed by atoms with Crippen molar-refractivity contribution in [3.8, 4) is 0 Å². The minimum absolute atomic E-state index is 0.161. The molecule has 0 radical (unpaired) electrons. The second-order valence-corrected chi connectivity index (χ2v) is 3.58. The summed E-state index contributed by atoms with van der Waals surface area (Å²) in [5, 5.41) is 0. The molecule has 0 saturated heterocycles. The Labute approximate surface area is 77.5 Å². The molecule has 0 aromatic heterocycles. The zero-order chi connectivity index (χ0) is 9.26. The Morgan fingerprint density at radius 3 is 2.38 bits per heavy atom. The molecule has 0 amide bonds. The summed E-state index contributed by atoms with van der Waals surface area (Å²) in [6, 6.07) is 6.78. The molecule has 2 heteroatoms. The quantitative estimate of drug-likeness (QED) is 0.680. The van der Waals surface area contributed by atoms with Crippen LogP contribution in [0.25, 0.3) is 0 Å². The van der Waals surface area contributed by atoms with Gasteiger partial charge in [0.1, 0.15) is 5.82 Å². The minimum atomic E-state index is -0.161. The van der Waals surface area contributed by atoms with Gasteiger partial charge in [-0.2, -0.15) is 0 Å². The molecule has 0 atom stereocenters. The summed E-state index contributed by atoms with van der Waals surface area (Å²) < 4.78 is 17.8. The molecule has 1 aromatic rings. The van der Waals surface area contributed by atoms with E-state index in [1.54, 1.807) is 7.11 Å². The maximum absolute atomic E-state index is 12.6. The largest absolute Gasteiger partial charge is 0.381 e. The second kappa shape index (κ2) is 3.46. The predicted octanol–water partition coefficient (Wildman–Crippen LogP) is 2.72. The highest BCUT2D eigenvalue weighted by Crippen LogP contribution is 2.38. The van der Waals surface area contributed by atoms with Crippen molar-refractivity contribution in [2.24, 2.45) is 0 Å². The van der Waals surface area contributed by atoms with Crippen LogP contribution in [0.15, 0.2) is 24.3 Å². The lowest BCUT2D eigenvalue weighted by atomic mass is 9.77. The molecule has 2 rings (SSSR count). The van der Waals surface area contributed by atoms with E-state index in [2.05, 4.69) is 0 Å². The van der Waals surface area contributed by atoms with Gasteiger partial charge < -0.3 is 4.74 Å². The van der Waals surface area contributed by atoms with Crippen LogP contribution in [0.3, 0.4) is 0 Å². The van der Waals surface area contributed by atoms with Crippen LogP contribution in [0, 0.1) is 5.82 Å². The van der Waals surface area contributed by atoms with Crippen molar-refractivity contribution in [2.45, 2.75) is 24.9 Å². The third kappa shape index (κ3) is 1.73. The first-order chi connectivity index (χ1) is 6.29. The van der Waals surface area contributed by atoms with E-state index in [9.17, 15) is 4.39 Å². The average Bonchev–Trinajstić information content (AvgIpc) is 2.06. The van der Waals surface area contributed by atoms with E-state index in [1.807, 2.05) is 12.1 Å². The highest BCUT2D eigenvalue weighted by Gasteiger charge is 2.29. The third-order valence-corrected chi connectivity index (χ3v) is 2.77. The number of halogens is 1. The predicted molar refractivity (Wildman–Crippen MR) is 49.2 cm³/mol. The molecule has 0 N–H and O–H groups in total. The van der Waals surface area contributed by atoms with E-state index >= 15 is 0 Å². The Morgan fingerprint density at radius 2 is 1.85 bits per heavy atom. The number of benzene rings is 1. The van der Waals surface area contributed by atoms with Gasteiger partial charge in [-0.25, -0.2) is 4.39 Å². The maximum atomic E-state index is 12.6. The number of methoxy groups -OCH3 is 1. The Kier molecular flexibility index (Phi) is 2.32. The zero-order valence-corrected chi connectivity index (χ0v) is 7.66. The van der Waals surface area contributed by atoms with Crippen LogP contribution in [0.4, 0.5) is 4.39 Å². The van der Waals surface area contributed by atoms with Gasteiger partial charge in [0.2, 0.25) is 0 Å². The number of hydrogen-bond donors (Lipinski definition) is 0. The van der Waals surface area contributed by atoms with Gasteiger partial charge in [-0.15, -0.1) is 0 Å². The normalized spacial score (nSPS) is 26.9. The summed E-state index contributed by atoms with van der Waals surface area (Å²) in [6.45, 7) is 0. The van der Waals surface area contributed by atoms with Gasteiger partial charge in [0.25, 0.3) is 0 Å². The average molecular weight is 180 g/mol. The third-order valence-electron chi connectivity index (χ3n) is 2.77. The fourth-order valence-electron chi connectivity index (χ4n) is 1.77. The van der Waals surface area contributed by atoms with Gasteiger partial charge in [-0.05, 0) is 36.5 Å². The molecule has 0 heterocycles. The molecule has 1 aromatic carbocycles. The molecular formula is C11H13FO. The van der Waals surface area contributed by atoms with Gasteiger partial charge >= 0.3 is 0 Å². The van der Waals surface area contributed by atoms with Crippen molar-refractivity contribution in [2.75, 3.05) is 7.11 Å². The second-order valence-electron chi connectivity index (χ2n) is 3.58. The Bertz CT molecular complexity index is 275. The molecule has 13 heavy (non-hydrogen) atoms. The van der Waals surface area contributed by atoms with Crippen molar-refractivity contribution < 1.29 is 9.13 Å². The summed E-state index contributed by atoms with van der Waals surface area (Å²) >= 11 is 0. The van der Waals surface area contributed by atoms with Crippen LogP contribution >= 0.6 is 0 Å². The Hall–Kier alpha value is -0.890. The fraction of sp³-hybridized carbons (Fsp3) is 0.455. The minimum Gasteiger partial charge on any atom is -0.381 e. The van der Waals surface area contributed by atoms with Gasteiger partial charge in [0.05, 0.1) is 6.10 Å². The standard InChI is InChI=1S/C11H13FO/c1-13-11-6-9(7-11)8-2-4-10(12)5-3-8/h2-5,9,11H,6-7H2,1H3. The molecule has 1 aliphatic rings. The van der Waals surface area contributed by atoms with E-state index in [-0.39, 0.29) is 5.82 Å². The van der Waals surface area contributed by atoms with Gasteiger partial charge in [-0.1, -0.05) is 12.1 Å². The summed E-state index contributed by atoms with van der Waals surface area (Å²) in [5.41, 5.74) is 1.23. The maximum Gasteiger partial charge on any atom is 0.123 e. The van der Waals surface area contributed by atoms with Crippen molar-refractivity contribution in [1.82, 2.24) is 0 Å². The Balaban J connectivity index is 1.99. The number of rotatable bonds is 2. The SMILES string of the molecule is COC1CC(c2ccc(F)cc2)C1. The lowest BCUT2D eigenvalue weighted by Gasteiger charge is -2.34.